The fraction of sp³-hybridized carbons (Fsp3) is 0.429. The van der Waals surface area contributed by atoms with Gasteiger partial charge in [0.05, 0.1) is 13.2 Å². The van der Waals surface area contributed by atoms with Crippen LogP contribution in [-0.2, 0) is 0 Å². The number of carbonyl (C=O) groups excluding carboxylic acids is 1. The molecule has 2 rings (SSSR count). The molecule has 0 fully saturated rings. The van der Waals surface area contributed by atoms with Gasteiger partial charge in [0.1, 0.15) is 17.2 Å². The highest BCUT2D eigenvalue weighted by Crippen LogP contribution is 2.26. The van der Waals surface area contributed by atoms with Crippen LogP contribution in [0.25, 0.3) is 0 Å². The minimum atomic E-state index is -3.42. The molecule has 27 heavy (non-hydrogen) atoms. The maximum absolute atomic E-state index is 14.0. The first-order valence-corrected chi connectivity index (χ1v) is 9.22. The SMILES string of the molecule is CCCCOc1cccc(OCCCCC(F)(F)C(=O)c2ccccn2)c1. The summed E-state index contributed by atoms with van der Waals surface area (Å²) in [5.74, 6) is -3.28. The summed E-state index contributed by atoms with van der Waals surface area (Å²) in [5.41, 5.74) is -0.210. The first-order valence-electron chi connectivity index (χ1n) is 9.22. The Balaban J connectivity index is 1.72. The molecule has 0 N–H and O–H groups in total. The average molecular weight is 377 g/mol. The van der Waals surface area contributed by atoms with Crippen LogP contribution in [0.1, 0.15) is 49.5 Å². The van der Waals surface area contributed by atoms with Crippen molar-refractivity contribution >= 4 is 5.78 Å². The van der Waals surface area contributed by atoms with Gasteiger partial charge in [0, 0.05) is 18.7 Å². The van der Waals surface area contributed by atoms with Crippen molar-refractivity contribution in [3.8, 4) is 11.5 Å². The molecular weight excluding hydrogens is 352 g/mol. The van der Waals surface area contributed by atoms with Crippen molar-refractivity contribution < 1.29 is 23.0 Å². The van der Waals surface area contributed by atoms with E-state index in [2.05, 4.69) is 11.9 Å². The lowest BCUT2D eigenvalue weighted by Crippen LogP contribution is -2.29. The van der Waals surface area contributed by atoms with Gasteiger partial charge in [-0.2, -0.15) is 8.78 Å². The van der Waals surface area contributed by atoms with Gasteiger partial charge in [-0.05, 0) is 43.5 Å². The number of Topliss-reactive ketones (excluding diaryl/α,β-unsaturated/α-hetero) is 1. The molecule has 1 aromatic heterocycles. The Kier molecular flexibility index (Phi) is 8.17. The number of ether oxygens (including phenoxy) is 2. The van der Waals surface area contributed by atoms with Crippen molar-refractivity contribution in [2.75, 3.05) is 13.2 Å². The zero-order chi connectivity index (χ0) is 19.5. The monoisotopic (exact) mass is 377 g/mol. The predicted octanol–water partition coefficient (Wildman–Crippen LogP) is 5.33. The number of hydrogen-bond donors (Lipinski definition) is 0. The van der Waals surface area contributed by atoms with Crippen LogP contribution in [-0.4, -0.2) is 29.9 Å². The maximum Gasteiger partial charge on any atom is 0.311 e. The molecule has 4 nitrogen and oxygen atoms in total. The highest BCUT2D eigenvalue weighted by atomic mass is 19.3. The van der Waals surface area contributed by atoms with Crippen LogP contribution in [0.5, 0.6) is 11.5 Å². The number of benzene rings is 1. The van der Waals surface area contributed by atoms with Crippen molar-refractivity contribution in [3.05, 3.63) is 54.4 Å². The predicted molar refractivity (Wildman–Crippen MR) is 99.7 cm³/mol. The van der Waals surface area contributed by atoms with Crippen molar-refractivity contribution in [2.45, 2.75) is 45.0 Å². The lowest BCUT2D eigenvalue weighted by atomic mass is 10.0. The molecule has 146 valence electrons. The number of hydrogen-bond acceptors (Lipinski definition) is 4. The normalized spacial score (nSPS) is 11.2. The number of aromatic nitrogens is 1. The summed E-state index contributed by atoms with van der Waals surface area (Å²) in [4.78, 5) is 15.5. The molecule has 1 heterocycles. The summed E-state index contributed by atoms with van der Waals surface area (Å²) in [5, 5.41) is 0. The number of alkyl halides is 2. The second-order valence-corrected chi connectivity index (χ2v) is 6.23. The van der Waals surface area contributed by atoms with Crippen LogP contribution < -0.4 is 9.47 Å². The van der Waals surface area contributed by atoms with Crippen LogP contribution in [0.2, 0.25) is 0 Å². The molecule has 0 saturated heterocycles. The fourth-order valence-electron chi connectivity index (χ4n) is 2.43. The van der Waals surface area contributed by atoms with E-state index in [1.165, 1.54) is 18.3 Å². The number of halogens is 2. The van der Waals surface area contributed by atoms with Gasteiger partial charge in [-0.3, -0.25) is 9.78 Å². The molecule has 0 radical (unpaired) electrons. The zero-order valence-corrected chi connectivity index (χ0v) is 15.5. The summed E-state index contributed by atoms with van der Waals surface area (Å²) in [7, 11) is 0. The second-order valence-electron chi connectivity index (χ2n) is 6.23. The largest absolute Gasteiger partial charge is 0.493 e. The Morgan fingerprint density at radius 1 is 1.00 bits per heavy atom. The first kappa shape index (κ1) is 20.8. The Hall–Kier alpha value is -2.50. The lowest BCUT2D eigenvalue weighted by molar-refractivity contribution is 0.00251. The third-order valence-corrected chi connectivity index (χ3v) is 3.96. The Morgan fingerprint density at radius 2 is 1.70 bits per heavy atom. The van der Waals surface area contributed by atoms with Gasteiger partial charge in [0.25, 0.3) is 0 Å². The number of nitrogens with zero attached hydrogens (tertiary/aromatic N) is 1. The number of pyridine rings is 1. The molecule has 0 spiro atoms. The van der Waals surface area contributed by atoms with Gasteiger partial charge in [-0.25, -0.2) is 0 Å². The smallest absolute Gasteiger partial charge is 0.311 e. The van der Waals surface area contributed by atoms with Gasteiger partial charge in [-0.1, -0.05) is 25.5 Å². The van der Waals surface area contributed by atoms with Crippen molar-refractivity contribution in [1.29, 1.82) is 0 Å². The van der Waals surface area contributed by atoms with Crippen molar-refractivity contribution in [2.24, 2.45) is 0 Å². The minimum Gasteiger partial charge on any atom is -0.493 e. The van der Waals surface area contributed by atoms with Crippen LogP contribution in [0.15, 0.2) is 48.7 Å². The van der Waals surface area contributed by atoms with Gasteiger partial charge in [0.2, 0.25) is 5.78 Å². The molecule has 0 saturated carbocycles. The first-order chi connectivity index (χ1) is 13.0. The van der Waals surface area contributed by atoms with E-state index in [9.17, 15) is 13.6 Å². The Bertz CT molecular complexity index is 708. The van der Waals surface area contributed by atoms with E-state index >= 15 is 0 Å². The zero-order valence-electron chi connectivity index (χ0n) is 15.5. The average Bonchev–Trinajstić information content (AvgIpc) is 2.68. The summed E-state index contributed by atoms with van der Waals surface area (Å²) in [6, 6.07) is 11.7. The number of carbonyl (C=O) groups is 1. The number of rotatable bonds is 12. The van der Waals surface area contributed by atoms with Crippen LogP contribution in [0, 0.1) is 0 Å². The molecule has 0 unspecified atom stereocenters. The molecule has 0 amide bonds. The number of unbranched alkanes of at least 4 members (excludes halogenated alkanes) is 2. The van der Waals surface area contributed by atoms with E-state index < -0.39 is 18.1 Å². The molecule has 0 aliphatic heterocycles. The van der Waals surface area contributed by atoms with E-state index in [0.717, 1.165) is 18.6 Å². The summed E-state index contributed by atoms with van der Waals surface area (Å²) < 4.78 is 39.2. The third-order valence-electron chi connectivity index (χ3n) is 3.96. The van der Waals surface area contributed by atoms with Crippen LogP contribution >= 0.6 is 0 Å². The molecule has 6 heteroatoms. The molecule has 0 aliphatic carbocycles. The van der Waals surface area contributed by atoms with E-state index in [-0.39, 0.29) is 12.1 Å². The standard InChI is InChI=1S/C21H25F2NO3/c1-2-3-14-26-17-9-8-10-18(16-17)27-15-7-5-12-21(22,23)20(25)19-11-4-6-13-24-19/h4,6,8-11,13,16H,2-3,5,7,12,14-15H2,1H3. The molecule has 0 bridgehead atoms. The van der Waals surface area contributed by atoms with E-state index in [4.69, 9.17) is 9.47 Å². The van der Waals surface area contributed by atoms with Crippen molar-refractivity contribution in [1.82, 2.24) is 4.98 Å². The second kappa shape index (κ2) is 10.6. The van der Waals surface area contributed by atoms with E-state index in [1.807, 2.05) is 12.1 Å². The lowest BCUT2D eigenvalue weighted by Gasteiger charge is -2.14. The summed E-state index contributed by atoms with van der Waals surface area (Å²) in [6.07, 6.45) is 3.45. The highest BCUT2D eigenvalue weighted by molar-refractivity contribution is 5.99. The van der Waals surface area contributed by atoms with E-state index in [0.29, 0.717) is 25.4 Å². The summed E-state index contributed by atoms with van der Waals surface area (Å²) >= 11 is 0. The number of ketones is 1. The van der Waals surface area contributed by atoms with Crippen LogP contribution in [0.3, 0.4) is 0 Å². The quantitative estimate of drug-likeness (QED) is 0.371. The molecule has 2 aromatic rings. The molecule has 0 aliphatic rings. The fourth-order valence-corrected chi connectivity index (χ4v) is 2.43. The van der Waals surface area contributed by atoms with Crippen molar-refractivity contribution in [3.63, 3.8) is 0 Å². The topological polar surface area (TPSA) is 48.4 Å². The molecule has 1 aromatic carbocycles. The molecular formula is C21H25F2NO3. The van der Waals surface area contributed by atoms with Gasteiger partial charge in [-0.15, -0.1) is 0 Å². The molecule has 0 atom stereocenters. The third kappa shape index (κ3) is 6.96. The summed E-state index contributed by atoms with van der Waals surface area (Å²) in [6.45, 7) is 3.04. The van der Waals surface area contributed by atoms with Crippen LogP contribution in [0.4, 0.5) is 8.78 Å². The van der Waals surface area contributed by atoms with E-state index in [1.54, 1.807) is 18.2 Å². The maximum atomic E-state index is 14.0. The van der Waals surface area contributed by atoms with Gasteiger partial charge in [0.15, 0.2) is 0 Å². The van der Waals surface area contributed by atoms with Gasteiger partial charge >= 0.3 is 5.92 Å². The Morgan fingerprint density at radius 3 is 2.33 bits per heavy atom. The highest BCUT2D eigenvalue weighted by Gasteiger charge is 2.39. The minimum absolute atomic E-state index is 0.179. The Labute approximate surface area is 158 Å². The van der Waals surface area contributed by atoms with Gasteiger partial charge < -0.3 is 9.47 Å².